The molecule has 4 aliphatic carbocycles. The summed E-state index contributed by atoms with van der Waals surface area (Å²) in [5.74, 6) is 1.67. The molecular weight excluding hydrogens is 384 g/mol. The van der Waals surface area contributed by atoms with Crippen molar-refractivity contribution in [1.29, 1.82) is 0 Å². The molecule has 3 saturated carbocycles. The summed E-state index contributed by atoms with van der Waals surface area (Å²) < 4.78 is 6.06. The molecule has 1 saturated heterocycles. The van der Waals surface area contributed by atoms with Crippen molar-refractivity contribution in [3.8, 4) is 0 Å². The van der Waals surface area contributed by atoms with Crippen LogP contribution in [0.1, 0.15) is 78.6 Å². The van der Waals surface area contributed by atoms with Gasteiger partial charge < -0.3 is 4.74 Å². The van der Waals surface area contributed by atoms with Crippen molar-refractivity contribution in [2.75, 3.05) is 0 Å². The molecule has 1 spiro atoms. The van der Waals surface area contributed by atoms with Crippen LogP contribution in [-0.2, 0) is 19.1 Å². The van der Waals surface area contributed by atoms with E-state index in [1.807, 2.05) is 6.08 Å². The van der Waals surface area contributed by atoms with E-state index in [1.165, 1.54) is 17.3 Å². The molecule has 0 aromatic carbocycles. The van der Waals surface area contributed by atoms with Gasteiger partial charge in [-0.25, -0.2) is 0 Å². The molecule has 158 valence electrons. The maximum absolute atomic E-state index is 12.2. The van der Waals surface area contributed by atoms with Crippen LogP contribution in [0.2, 0.25) is 0 Å². The van der Waals surface area contributed by atoms with Gasteiger partial charge in [-0.3, -0.25) is 14.4 Å². The number of ketones is 1. The Morgan fingerprint density at radius 2 is 1.83 bits per heavy atom. The smallest absolute Gasteiger partial charge is 0.306 e. The van der Waals surface area contributed by atoms with Gasteiger partial charge in [0.15, 0.2) is 10.9 Å². The minimum Gasteiger partial charge on any atom is -0.458 e. The Bertz CT molecular complexity index is 818. The highest BCUT2D eigenvalue weighted by Gasteiger charge is 2.68. The average Bonchev–Trinajstić information content (AvgIpc) is 3.17. The zero-order valence-corrected chi connectivity index (χ0v) is 18.6. The number of ether oxygens (including phenoxy) is 1. The van der Waals surface area contributed by atoms with Crippen LogP contribution in [0.4, 0.5) is 0 Å². The molecule has 0 bridgehead atoms. The standard InChI is InChI=1S/C24H32O4S/c1-14(25)29-19-13-15-12-16(26)4-8-22(15,2)17-5-9-23(3)18(21(17)19)6-10-24(23)11-7-20(27)28-24/h12,17-19,21H,4-11,13H2,1-3H3/t17-,18+,19-,21-,22+,23+,24-/m1/s1. The fourth-order valence-electron chi connectivity index (χ4n) is 8.13. The number of hydrogen-bond acceptors (Lipinski definition) is 5. The number of allylic oxidation sites excluding steroid dienone is 1. The van der Waals surface area contributed by atoms with Crippen molar-refractivity contribution in [3.05, 3.63) is 11.6 Å². The molecular formula is C24H32O4S. The maximum atomic E-state index is 12.2. The molecule has 29 heavy (non-hydrogen) atoms. The monoisotopic (exact) mass is 416 g/mol. The minimum absolute atomic E-state index is 0.0119. The van der Waals surface area contributed by atoms with Crippen molar-refractivity contribution in [3.63, 3.8) is 0 Å². The average molecular weight is 417 g/mol. The summed E-state index contributed by atoms with van der Waals surface area (Å²) >= 11 is 1.50. The van der Waals surface area contributed by atoms with Gasteiger partial charge in [-0.1, -0.05) is 31.2 Å². The number of esters is 1. The van der Waals surface area contributed by atoms with Crippen LogP contribution in [0.25, 0.3) is 0 Å². The highest BCUT2D eigenvalue weighted by atomic mass is 32.2. The summed E-state index contributed by atoms with van der Waals surface area (Å²) in [5, 5.41) is 0.409. The largest absolute Gasteiger partial charge is 0.458 e. The Morgan fingerprint density at radius 3 is 2.52 bits per heavy atom. The fourth-order valence-corrected chi connectivity index (χ4v) is 9.36. The molecule has 0 unspecified atom stereocenters. The van der Waals surface area contributed by atoms with Crippen LogP contribution in [0.15, 0.2) is 11.6 Å². The zero-order chi connectivity index (χ0) is 20.6. The predicted octanol–water partition coefficient (Wildman–Crippen LogP) is 4.85. The first kappa shape index (κ1) is 19.8. The number of thioether (sulfide) groups is 1. The normalized spacial score (nSPS) is 48.6. The maximum Gasteiger partial charge on any atom is 0.306 e. The van der Waals surface area contributed by atoms with Gasteiger partial charge in [0.05, 0.1) is 0 Å². The van der Waals surface area contributed by atoms with Gasteiger partial charge in [0.25, 0.3) is 0 Å². The Balaban J connectivity index is 1.56. The Morgan fingerprint density at radius 1 is 1.07 bits per heavy atom. The first-order valence-corrected chi connectivity index (χ1v) is 12.2. The molecule has 0 aromatic heterocycles. The zero-order valence-electron chi connectivity index (χ0n) is 17.8. The van der Waals surface area contributed by atoms with E-state index in [-0.39, 0.29) is 38.5 Å². The molecule has 0 radical (unpaired) electrons. The molecule has 0 aromatic rings. The molecule has 5 aliphatic rings. The van der Waals surface area contributed by atoms with Gasteiger partial charge in [-0.2, -0.15) is 0 Å². The third-order valence-electron chi connectivity index (χ3n) is 9.61. The van der Waals surface area contributed by atoms with Gasteiger partial charge in [0, 0.05) is 30.4 Å². The highest BCUT2D eigenvalue weighted by Crippen LogP contribution is 2.70. The molecule has 0 amide bonds. The fraction of sp³-hybridized carbons (Fsp3) is 0.792. The second-order valence-corrected chi connectivity index (χ2v) is 12.1. The SMILES string of the molecule is CC(=O)S[C@@H]1CC2=CC(=O)CC[C@]2(C)[C@@H]2CC[C@@]3(C)[C@@H](CC[C@@]34CCC(=O)O4)[C@@H]21. The lowest BCUT2D eigenvalue weighted by Gasteiger charge is -2.61. The Labute approximate surface area is 177 Å². The van der Waals surface area contributed by atoms with Gasteiger partial charge in [0.2, 0.25) is 0 Å². The number of hydrogen-bond donors (Lipinski definition) is 0. The molecule has 1 aliphatic heterocycles. The van der Waals surface area contributed by atoms with E-state index in [0.29, 0.717) is 30.6 Å². The third-order valence-corrected chi connectivity index (χ3v) is 10.7. The quantitative estimate of drug-likeness (QED) is 0.572. The van der Waals surface area contributed by atoms with Gasteiger partial charge in [-0.05, 0) is 74.2 Å². The lowest BCUT2D eigenvalue weighted by atomic mass is 9.46. The first-order chi connectivity index (χ1) is 13.7. The molecule has 7 atom stereocenters. The summed E-state index contributed by atoms with van der Waals surface area (Å²) in [7, 11) is 0. The number of fused-ring (bicyclic) bond motifs is 6. The van der Waals surface area contributed by atoms with E-state index in [9.17, 15) is 14.4 Å². The van der Waals surface area contributed by atoms with Crippen LogP contribution in [-0.4, -0.2) is 27.7 Å². The van der Waals surface area contributed by atoms with E-state index in [0.717, 1.165) is 44.9 Å². The summed E-state index contributed by atoms with van der Waals surface area (Å²) in [5.41, 5.74) is 1.09. The van der Waals surface area contributed by atoms with Crippen LogP contribution in [0.5, 0.6) is 0 Å². The highest BCUT2D eigenvalue weighted by molar-refractivity contribution is 8.14. The first-order valence-electron chi connectivity index (χ1n) is 11.3. The summed E-state index contributed by atoms with van der Waals surface area (Å²) in [4.78, 5) is 36.4. The molecule has 0 N–H and O–H groups in total. The van der Waals surface area contributed by atoms with Crippen LogP contribution >= 0.6 is 11.8 Å². The number of carbonyl (C=O) groups excluding carboxylic acids is 3. The van der Waals surface area contributed by atoms with Crippen LogP contribution in [0.3, 0.4) is 0 Å². The van der Waals surface area contributed by atoms with Crippen molar-refractivity contribution < 1.29 is 19.1 Å². The van der Waals surface area contributed by atoms with Gasteiger partial charge in [-0.15, -0.1) is 0 Å². The minimum atomic E-state index is -0.287. The van der Waals surface area contributed by atoms with Crippen LogP contribution < -0.4 is 0 Å². The van der Waals surface area contributed by atoms with Crippen molar-refractivity contribution >= 4 is 28.6 Å². The van der Waals surface area contributed by atoms with E-state index < -0.39 is 0 Å². The topological polar surface area (TPSA) is 60.4 Å². The molecule has 5 heteroatoms. The number of carbonyl (C=O) groups is 3. The lowest BCUT2D eigenvalue weighted by Crippen LogP contribution is -2.57. The van der Waals surface area contributed by atoms with Crippen molar-refractivity contribution in [1.82, 2.24) is 0 Å². The van der Waals surface area contributed by atoms with E-state index in [4.69, 9.17) is 4.74 Å². The summed E-state index contributed by atoms with van der Waals surface area (Å²) in [6.07, 6.45) is 10.0. The molecule has 5 rings (SSSR count). The van der Waals surface area contributed by atoms with E-state index in [2.05, 4.69) is 13.8 Å². The lowest BCUT2D eigenvalue weighted by molar-refractivity contribution is -0.167. The third kappa shape index (κ3) is 2.68. The molecule has 4 fully saturated rings. The van der Waals surface area contributed by atoms with E-state index in [1.54, 1.807) is 6.92 Å². The van der Waals surface area contributed by atoms with Gasteiger partial charge >= 0.3 is 5.97 Å². The van der Waals surface area contributed by atoms with Gasteiger partial charge in [0.1, 0.15) is 5.60 Å². The van der Waals surface area contributed by atoms with Crippen molar-refractivity contribution in [2.45, 2.75) is 89.4 Å². The Hall–Kier alpha value is -1.10. The second-order valence-electron chi connectivity index (χ2n) is 10.7. The van der Waals surface area contributed by atoms with Crippen molar-refractivity contribution in [2.24, 2.45) is 28.6 Å². The molecule has 4 nitrogen and oxygen atoms in total. The number of rotatable bonds is 1. The second kappa shape index (κ2) is 6.45. The predicted molar refractivity (Wildman–Crippen MR) is 112 cm³/mol. The summed E-state index contributed by atoms with van der Waals surface area (Å²) in [6, 6.07) is 0. The summed E-state index contributed by atoms with van der Waals surface area (Å²) in [6.45, 7) is 6.42. The Kier molecular flexibility index (Phi) is 4.41. The van der Waals surface area contributed by atoms with Crippen LogP contribution in [0, 0.1) is 28.6 Å². The molecule has 1 heterocycles. The van der Waals surface area contributed by atoms with E-state index >= 15 is 0 Å².